The van der Waals surface area contributed by atoms with Crippen molar-refractivity contribution in [2.75, 3.05) is 12.4 Å². The molecule has 1 rings (SSSR count). The molecule has 1 aromatic rings. The molecule has 1 atom stereocenters. The number of hydrogen-bond acceptors (Lipinski definition) is 3. The fraction of sp³-hybridized carbons (Fsp3) is 0.385. The highest BCUT2D eigenvalue weighted by Gasteiger charge is 2.21. The Morgan fingerprint density at radius 3 is 2.53 bits per heavy atom. The minimum Gasteiger partial charge on any atom is -0.465 e. The fourth-order valence-corrected chi connectivity index (χ4v) is 1.70. The van der Waals surface area contributed by atoms with Crippen LogP contribution in [-0.2, 0) is 9.53 Å². The minimum absolute atomic E-state index is 0.126. The molecular formula is C13H15BrClNO3. The number of benzene rings is 1. The van der Waals surface area contributed by atoms with Crippen LogP contribution in [0.1, 0.15) is 24.2 Å². The largest absolute Gasteiger partial charge is 0.465 e. The first-order chi connectivity index (χ1) is 8.86. The molecule has 1 amide bonds. The Labute approximate surface area is 125 Å². The Bertz CT molecular complexity index is 491. The van der Waals surface area contributed by atoms with Gasteiger partial charge in [-0.15, -0.1) is 0 Å². The molecule has 0 aliphatic carbocycles. The summed E-state index contributed by atoms with van der Waals surface area (Å²) < 4.78 is 4.66. The van der Waals surface area contributed by atoms with Crippen molar-refractivity contribution in [1.82, 2.24) is 0 Å². The van der Waals surface area contributed by atoms with Crippen molar-refractivity contribution in [2.45, 2.75) is 18.7 Å². The lowest BCUT2D eigenvalue weighted by molar-refractivity contribution is -0.116. The summed E-state index contributed by atoms with van der Waals surface area (Å²) in [4.78, 5) is 23.2. The number of hydrogen-bond donors (Lipinski definition) is 1. The molecule has 1 aromatic carbocycles. The van der Waals surface area contributed by atoms with Crippen LogP contribution in [0.25, 0.3) is 0 Å². The van der Waals surface area contributed by atoms with Gasteiger partial charge >= 0.3 is 5.97 Å². The van der Waals surface area contributed by atoms with E-state index >= 15 is 0 Å². The average molecular weight is 349 g/mol. The third-order valence-electron chi connectivity index (χ3n) is 2.48. The lowest BCUT2D eigenvalue weighted by atomic mass is 10.1. The topological polar surface area (TPSA) is 55.4 Å². The Hall–Kier alpha value is -1.07. The fourth-order valence-electron chi connectivity index (χ4n) is 1.41. The number of methoxy groups -OCH3 is 1. The van der Waals surface area contributed by atoms with Gasteiger partial charge in [-0.3, -0.25) is 4.79 Å². The van der Waals surface area contributed by atoms with Crippen LogP contribution in [0.3, 0.4) is 0 Å². The molecule has 19 heavy (non-hydrogen) atoms. The Kier molecular flexibility index (Phi) is 5.82. The van der Waals surface area contributed by atoms with Gasteiger partial charge in [-0.25, -0.2) is 4.79 Å². The normalized spacial score (nSPS) is 12.1. The predicted molar refractivity (Wildman–Crippen MR) is 79.0 cm³/mol. The standard InChI is InChI=1S/C13H15BrClNO3/c1-7(2)11(14)12(17)16-10-6-8(15)4-5-9(10)13(18)19-3/h4-7,11H,1-3H3,(H,16,17). The number of amides is 1. The summed E-state index contributed by atoms with van der Waals surface area (Å²) >= 11 is 9.18. The van der Waals surface area contributed by atoms with Crippen LogP contribution in [0.5, 0.6) is 0 Å². The van der Waals surface area contributed by atoms with E-state index in [4.69, 9.17) is 11.6 Å². The van der Waals surface area contributed by atoms with E-state index in [1.165, 1.54) is 19.2 Å². The highest BCUT2D eigenvalue weighted by Crippen LogP contribution is 2.23. The molecule has 0 saturated heterocycles. The lowest BCUT2D eigenvalue weighted by Crippen LogP contribution is -2.27. The van der Waals surface area contributed by atoms with Crippen LogP contribution in [-0.4, -0.2) is 23.8 Å². The summed E-state index contributed by atoms with van der Waals surface area (Å²) in [6.07, 6.45) is 0. The molecule has 0 radical (unpaired) electrons. The number of anilines is 1. The Morgan fingerprint density at radius 1 is 1.37 bits per heavy atom. The molecule has 0 aliphatic heterocycles. The Morgan fingerprint density at radius 2 is 2.00 bits per heavy atom. The van der Waals surface area contributed by atoms with Crippen LogP contribution < -0.4 is 5.32 Å². The molecule has 1 N–H and O–H groups in total. The van der Waals surface area contributed by atoms with Crippen LogP contribution >= 0.6 is 27.5 Å². The number of alkyl halides is 1. The van der Waals surface area contributed by atoms with Crippen molar-refractivity contribution >= 4 is 45.1 Å². The second-order valence-electron chi connectivity index (χ2n) is 4.32. The van der Waals surface area contributed by atoms with Crippen molar-refractivity contribution in [3.63, 3.8) is 0 Å². The van der Waals surface area contributed by atoms with Crippen molar-refractivity contribution < 1.29 is 14.3 Å². The van der Waals surface area contributed by atoms with Crippen LogP contribution in [0.2, 0.25) is 5.02 Å². The van der Waals surface area contributed by atoms with E-state index in [1.807, 2.05) is 13.8 Å². The SMILES string of the molecule is COC(=O)c1ccc(Cl)cc1NC(=O)C(Br)C(C)C. The van der Waals surface area contributed by atoms with Crippen LogP contribution in [0.4, 0.5) is 5.69 Å². The van der Waals surface area contributed by atoms with E-state index in [9.17, 15) is 9.59 Å². The summed E-state index contributed by atoms with van der Waals surface area (Å²) in [6.45, 7) is 3.83. The molecule has 0 fully saturated rings. The second-order valence-corrected chi connectivity index (χ2v) is 5.74. The van der Waals surface area contributed by atoms with Crippen molar-refractivity contribution in [3.05, 3.63) is 28.8 Å². The zero-order chi connectivity index (χ0) is 14.6. The van der Waals surface area contributed by atoms with Gasteiger partial charge < -0.3 is 10.1 Å². The van der Waals surface area contributed by atoms with E-state index in [0.29, 0.717) is 10.7 Å². The molecule has 0 spiro atoms. The molecular weight excluding hydrogens is 334 g/mol. The summed E-state index contributed by atoms with van der Waals surface area (Å²) in [5, 5.41) is 3.11. The van der Waals surface area contributed by atoms with Gasteiger partial charge in [-0.05, 0) is 24.1 Å². The summed E-state index contributed by atoms with van der Waals surface area (Å²) in [5.74, 6) is -0.634. The number of nitrogens with one attached hydrogen (secondary N) is 1. The average Bonchev–Trinajstić information content (AvgIpc) is 2.36. The predicted octanol–water partition coefficient (Wildman–Crippen LogP) is 3.48. The molecule has 0 aliphatic rings. The number of ether oxygens (including phenoxy) is 1. The van der Waals surface area contributed by atoms with Gasteiger partial charge in [0, 0.05) is 5.02 Å². The second kappa shape index (κ2) is 6.91. The summed E-state index contributed by atoms with van der Waals surface area (Å²) in [5.41, 5.74) is 0.609. The summed E-state index contributed by atoms with van der Waals surface area (Å²) in [7, 11) is 1.28. The van der Waals surface area contributed by atoms with Crippen molar-refractivity contribution in [3.8, 4) is 0 Å². The van der Waals surface area contributed by atoms with Gasteiger partial charge in [0.1, 0.15) is 0 Å². The molecule has 0 heterocycles. The molecule has 0 bridgehead atoms. The zero-order valence-corrected chi connectivity index (χ0v) is 13.2. The van der Waals surface area contributed by atoms with Gasteiger partial charge in [0.15, 0.2) is 0 Å². The van der Waals surface area contributed by atoms with E-state index in [2.05, 4.69) is 26.0 Å². The van der Waals surface area contributed by atoms with Crippen LogP contribution in [0.15, 0.2) is 18.2 Å². The number of carbonyl (C=O) groups excluding carboxylic acids is 2. The molecule has 104 valence electrons. The van der Waals surface area contributed by atoms with Crippen molar-refractivity contribution in [1.29, 1.82) is 0 Å². The number of carbonyl (C=O) groups is 2. The van der Waals surface area contributed by atoms with Gasteiger partial charge in [-0.2, -0.15) is 0 Å². The molecule has 1 unspecified atom stereocenters. The molecule has 4 nitrogen and oxygen atoms in total. The van der Waals surface area contributed by atoms with E-state index in [1.54, 1.807) is 6.07 Å². The molecule has 6 heteroatoms. The first kappa shape index (κ1) is 16.0. The monoisotopic (exact) mass is 347 g/mol. The molecule has 0 aromatic heterocycles. The van der Waals surface area contributed by atoms with Crippen LogP contribution in [0, 0.1) is 5.92 Å². The first-order valence-electron chi connectivity index (χ1n) is 5.69. The summed E-state index contributed by atoms with van der Waals surface area (Å²) in [6, 6.07) is 4.60. The number of rotatable bonds is 4. The first-order valence-corrected chi connectivity index (χ1v) is 6.99. The third-order valence-corrected chi connectivity index (χ3v) is 4.19. The smallest absolute Gasteiger partial charge is 0.339 e. The zero-order valence-electron chi connectivity index (χ0n) is 10.9. The highest BCUT2D eigenvalue weighted by atomic mass is 79.9. The van der Waals surface area contributed by atoms with Gasteiger partial charge in [-0.1, -0.05) is 41.4 Å². The van der Waals surface area contributed by atoms with E-state index in [-0.39, 0.29) is 22.2 Å². The third kappa shape index (κ3) is 4.21. The van der Waals surface area contributed by atoms with E-state index < -0.39 is 5.97 Å². The van der Waals surface area contributed by atoms with Gasteiger partial charge in [0.05, 0.1) is 23.2 Å². The number of halogens is 2. The molecule has 0 saturated carbocycles. The van der Waals surface area contributed by atoms with Crippen molar-refractivity contribution in [2.24, 2.45) is 5.92 Å². The minimum atomic E-state index is -0.525. The Balaban J connectivity index is 3.02. The maximum absolute atomic E-state index is 12.0. The quantitative estimate of drug-likeness (QED) is 0.669. The highest BCUT2D eigenvalue weighted by molar-refractivity contribution is 9.10. The van der Waals surface area contributed by atoms with E-state index in [0.717, 1.165) is 0 Å². The van der Waals surface area contributed by atoms with Gasteiger partial charge in [0.2, 0.25) is 5.91 Å². The number of esters is 1. The lowest BCUT2D eigenvalue weighted by Gasteiger charge is -2.15. The maximum atomic E-state index is 12.0. The maximum Gasteiger partial charge on any atom is 0.339 e. The van der Waals surface area contributed by atoms with Gasteiger partial charge in [0.25, 0.3) is 0 Å².